The number of benzene rings is 2. The third kappa shape index (κ3) is 4.78. The van der Waals surface area contributed by atoms with Gasteiger partial charge in [0.15, 0.2) is 5.82 Å². The first kappa shape index (κ1) is 23.2. The number of hydrogen-bond acceptors (Lipinski definition) is 7. The van der Waals surface area contributed by atoms with Crippen molar-refractivity contribution in [2.45, 2.75) is 32.5 Å². The Balaban J connectivity index is 1.42. The smallest absolute Gasteiger partial charge is 0.229 e. The number of fused-ring (bicyclic) bond motifs is 1. The summed E-state index contributed by atoms with van der Waals surface area (Å²) >= 11 is 6.41. The Morgan fingerprint density at radius 1 is 0.971 bits per heavy atom. The van der Waals surface area contributed by atoms with E-state index in [1.165, 1.54) is 30.5 Å². The summed E-state index contributed by atoms with van der Waals surface area (Å²) in [7, 11) is -2.48. The van der Waals surface area contributed by atoms with E-state index in [1.54, 1.807) is 19.5 Å². The zero-order chi connectivity index (χ0) is 23.7. The Morgan fingerprint density at radius 2 is 1.74 bits per heavy atom. The number of nitrogens with one attached hydrogen (secondary N) is 2. The molecule has 0 amide bonds. The molecule has 2 aromatic carbocycles. The summed E-state index contributed by atoms with van der Waals surface area (Å²) in [5, 5.41) is 7.75. The molecule has 0 unspecified atom stereocenters. The first-order valence-corrected chi connectivity index (χ1v) is 14.6. The number of para-hydroxylation sites is 1. The maximum Gasteiger partial charge on any atom is 0.229 e. The van der Waals surface area contributed by atoms with Gasteiger partial charge < -0.3 is 24.8 Å². The van der Waals surface area contributed by atoms with E-state index in [9.17, 15) is 4.57 Å². The van der Waals surface area contributed by atoms with Crippen LogP contribution in [0.25, 0.3) is 0 Å². The van der Waals surface area contributed by atoms with Gasteiger partial charge in [-0.3, -0.25) is 0 Å². The fourth-order valence-electron chi connectivity index (χ4n) is 4.62. The van der Waals surface area contributed by atoms with Gasteiger partial charge in [0.1, 0.15) is 12.2 Å². The molecule has 2 N–H and O–H groups in total. The van der Waals surface area contributed by atoms with E-state index in [0.717, 1.165) is 35.3 Å². The first-order valence-electron chi connectivity index (χ1n) is 11.6. The van der Waals surface area contributed by atoms with Crippen LogP contribution < -0.4 is 20.8 Å². The number of piperidine rings is 1. The lowest BCUT2D eigenvalue weighted by molar-refractivity contribution is 0.135. The van der Waals surface area contributed by atoms with Crippen LogP contribution in [0.3, 0.4) is 0 Å². The number of rotatable bonds is 6. The van der Waals surface area contributed by atoms with Crippen LogP contribution in [-0.4, -0.2) is 36.4 Å². The second-order valence-corrected chi connectivity index (χ2v) is 12.7. The van der Waals surface area contributed by atoms with E-state index in [-0.39, 0.29) is 0 Å². The van der Waals surface area contributed by atoms with Crippen LogP contribution in [0.1, 0.15) is 30.4 Å². The predicted octanol–water partition coefficient (Wildman–Crippen LogP) is 5.89. The highest BCUT2D eigenvalue weighted by atomic mass is 35.5. The Morgan fingerprint density at radius 3 is 2.53 bits per heavy atom. The van der Waals surface area contributed by atoms with Crippen molar-refractivity contribution in [3.05, 3.63) is 58.7 Å². The maximum absolute atomic E-state index is 12.7. The maximum atomic E-state index is 12.7. The van der Waals surface area contributed by atoms with Crippen LogP contribution in [0.4, 0.5) is 28.8 Å². The van der Waals surface area contributed by atoms with Crippen molar-refractivity contribution in [3.8, 4) is 0 Å². The molecule has 0 bridgehead atoms. The largest absolute Gasteiger partial charge is 0.372 e. The molecule has 5 rings (SSSR count). The van der Waals surface area contributed by atoms with Crippen LogP contribution in [0.2, 0.25) is 5.02 Å². The van der Waals surface area contributed by atoms with Gasteiger partial charge >= 0.3 is 0 Å². The SMILES string of the molecule is CP(C)(=O)c1ccccc1Nc1nc(Nc2ccc(N3CCCCC3)c3c2COC3)ncc1Cl. The van der Waals surface area contributed by atoms with Gasteiger partial charge in [0.05, 0.1) is 25.1 Å². The number of nitrogens with zero attached hydrogens (tertiary/aromatic N) is 3. The van der Waals surface area contributed by atoms with E-state index in [0.29, 0.717) is 30.0 Å². The summed E-state index contributed by atoms with van der Waals surface area (Å²) in [4.78, 5) is 11.5. The molecule has 0 aliphatic carbocycles. The number of aromatic nitrogens is 2. The molecule has 0 spiro atoms. The standard InChI is InChI=1S/C25H29ClN5O2P/c1-34(2,32)23-9-5-4-8-21(23)28-24-19(26)14-27-25(30-24)29-20-10-11-22(18-16-33-15-17(18)20)31-12-6-3-7-13-31/h4-5,8-11,14H,3,6-7,12-13,15-16H2,1-2H3,(H2,27,28,29,30). The van der Waals surface area contributed by atoms with Crippen molar-refractivity contribution >= 4 is 52.9 Å². The highest BCUT2D eigenvalue weighted by Gasteiger charge is 2.24. The average Bonchev–Trinajstić information content (AvgIpc) is 3.32. The Bertz CT molecular complexity index is 1260. The molecule has 7 nitrogen and oxygen atoms in total. The molecule has 1 fully saturated rings. The Kier molecular flexibility index (Phi) is 6.52. The fourth-order valence-corrected chi connectivity index (χ4v) is 5.92. The molecular weight excluding hydrogens is 469 g/mol. The van der Waals surface area contributed by atoms with Crippen LogP contribution >= 0.6 is 18.7 Å². The molecule has 1 aromatic heterocycles. The van der Waals surface area contributed by atoms with Crippen molar-refractivity contribution in [1.82, 2.24) is 9.97 Å². The summed E-state index contributed by atoms with van der Waals surface area (Å²) in [5.41, 5.74) is 5.34. The zero-order valence-corrected chi connectivity index (χ0v) is 21.1. The summed E-state index contributed by atoms with van der Waals surface area (Å²) in [6.07, 6.45) is 5.34. The summed E-state index contributed by atoms with van der Waals surface area (Å²) < 4.78 is 18.6. The van der Waals surface area contributed by atoms with Gasteiger partial charge in [0.2, 0.25) is 5.95 Å². The molecule has 0 saturated carbocycles. The van der Waals surface area contributed by atoms with Gasteiger partial charge in [-0.05, 0) is 56.9 Å². The molecule has 9 heteroatoms. The lowest BCUT2D eigenvalue weighted by Crippen LogP contribution is -2.30. The third-order valence-corrected chi connectivity index (χ3v) is 8.15. The third-order valence-electron chi connectivity index (χ3n) is 6.32. The molecule has 0 atom stereocenters. The number of anilines is 5. The van der Waals surface area contributed by atoms with Gasteiger partial charge in [-0.15, -0.1) is 0 Å². The molecule has 0 radical (unpaired) electrons. The minimum atomic E-state index is -2.48. The Hall–Kier alpha value is -2.60. The van der Waals surface area contributed by atoms with Crippen molar-refractivity contribution < 1.29 is 9.30 Å². The van der Waals surface area contributed by atoms with Crippen LogP contribution in [0.15, 0.2) is 42.6 Å². The van der Waals surface area contributed by atoms with Gasteiger partial charge in [0.25, 0.3) is 0 Å². The quantitative estimate of drug-likeness (QED) is 0.411. The second kappa shape index (κ2) is 9.57. The molecule has 178 valence electrons. The molecule has 3 aromatic rings. The van der Waals surface area contributed by atoms with Gasteiger partial charge in [-0.2, -0.15) is 4.98 Å². The summed E-state index contributed by atoms with van der Waals surface area (Å²) in [5.74, 6) is 0.887. The van der Waals surface area contributed by atoms with Crippen molar-refractivity contribution in [1.29, 1.82) is 0 Å². The number of halogens is 1. The fraction of sp³-hybridized carbons (Fsp3) is 0.360. The van der Waals surface area contributed by atoms with E-state index < -0.39 is 7.14 Å². The van der Waals surface area contributed by atoms with Crippen LogP contribution in [0.5, 0.6) is 0 Å². The highest BCUT2D eigenvalue weighted by Crippen LogP contribution is 2.39. The average molecular weight is 498 g/mol. The number of ether oxygens (including phenoxy) is 1. The second-order valence-electron chi connectivity index (χ2n) is 9.14. The zero-order valence-electron chi connectivity index (χ0n) is 19.5. The highest BCUT2D eigenvalue weighted by molar-refractivity contribution is 7.70. The first-order chi connectivity index (χ1) is 16.4. The Labute approximate surface area is 205 Å². The number of hydrogen-bond donors (Lipinski definition) is 2. The minimum Gasteiger partial charge on any atom is -0.372 e. The van der Waals surface area contributed by atoms with Crippen molar-refractivity contribution in [3.63, 3.8) is 0 Å². The predicted molar refractivity (Wildman–Crippen MR) is 140 cm³/mol. The van der Waals surface area contributed by atoms with Crippen LogP contribution in [-0.2, 0) is 22.5 Å². The molecule has 2 aliphatic heterocycles. The monoisotopic (exact) mass is 497 g/mol. The van der Waals surface area contributed by atoms with Gasteiger partial charge in [-0.1, -0.05) is 23.7 Å². The van der Waals surface area contributed by atoms with Gasteiger partial charge in [-0.25, -0.2) is 4.98 Å². The molecule has 1 saturated heterocycles. The topological polar surface area (TPSA) is 79.4 Å². The summed E-state index contributed by atoms with van der Waals surface area (Å²) in [6, 6.07) is 11.8. The van der Waals surface area contributed by atoms with Gasteiger partial charge in [0, 0.05) is 40.9 Å². The minimum absolute atomic E-state index is 0.386. The van der Waals surface area contributed by atoms with Crippen molar-refractivity contribution in [2.75, 3.05) is 42.0 Å². The van der Waals surface area contributed by atoms with E-state index in [4.69, 9.17) is 16.3 Å². The van der Waals surface area contributed by atoms with E-state index >= 15 is 0 Å². The normalized spacial score (nSPS) is 15.8. The van der Waals surface area contributed by atoms with E-state index in [1.807, 2.05) is 24.3 Å². The lowest BCUT2D eigenvalue weighted by Gasteiger charge is -2.30. The molecule has 2 aliphatic rings. The molecule has 3 heterocycles. The van der Waals surface area contributed by atoms with E-state index in [2.05, 4.69) is 37.6 Å². The molecular formula is C25H29ClN5O2P. The van der Waals surface area contributed by atoms with Crippen LogP contribution in [0, 0.1) is 0 Å². The summed E-state index contributed by atoms with van der Waals surface area (Å²) in [6.45, 7) is 6.87. The molecule has 34 heavy (non-hydrogen) atoms. The van der Waals surface area contributed by atoms with Crippen molar-refractivity contribution in [2.24, 2.45) is 0 Å². The lowest BCUT2D eigenvalue weighted by atomic mass is 10.0.